The van der Waals surface area contributed by atoms with Crippen molar-refractivity contribution in [3.05, 3.63) is 85.1 Å². The fourth-order valence-corrected chi connectivity index (χ4v) is 7.46. The lowest BCUT2D eigenvalue weighted by molar-refractivity contribution is -0.151. The lowest BCUT2D eigenvalue weighted by Gasteiger charge is -2.24. The van der Waals surface area contributed by atoms with Crippen LogP contribution in [0.15, 0.2) is 85.1 Å². The Bertz CT molecular complexity index is 1200. The van der Waals surface area contributed by atoms with Crippen molar-refractivity contribution in [2.24, 2.45) is 0 Å². The summed E-state index contributed by atoms with van der Waals surface area (Å²) in [6, 6.07) is -0.735. The van der Waals surface area contributed by atoms with E-state index in [9.17, 15) is 19.8 Å². The van der Waals surface area contributed by atoms with E-state index in [1.807, 2.05) is 54.7 Å². The van der Waals surface area contributed by atoms with Gasteiger partial charge in [0.05, 0.1) is 25.2 Å². The minimum absolute atomic E-state index is 0.0123. The first-order chi connectivity index (χ1) is 30.5. The third kappa shape index (κ3) is 43.7. The molecule has 0 aromatic carbocycles. The van der Waals surface area contributed by atoms with E-state index in [-0.39, 0.29) is 31.3 Å². The molecule has 0 aliphatic carbocycles. The first-order valence-electron chi connectivity index (χ1n) is 25.9. The van der Waals surface area contributed by atoms with E-state index in [1.165, 1.54) is 128 Å². The molecule has 0 fully saturated rings. The molecule has 0 aliphatic rings. The van der Waals surface area contributed by atoms with Gasteiger partial charge < -0.3 is 20.3 Å². The van der Waals surface area contributed by atoms with Gasteiger partial charge >= 0.3 is 5.97 Å². The molecule has 0 saturated heterocycles. The predicted octanol–water partition coefficient (Wildman–Crippen LogP) is 15.6. The summed E-state index contributed by atoms with van der Waals surface area (Å²) in [4.78, 5) is 26.1. The zero-order chi connectivity index (χ0) is 45.2. The first kappa shape index (κ1) is 59.0. The van der Waals surface area contributed by atoms with Gasteiger partial charge in [0.1, 0.15) is 6.10 Å². The fraction of sp³-hybridized carbons (Fsp3) is 0.714. The highest BCUT2D eigenvalue weighted by molar-refractivity contribution is 5.77. The quantitative estimate of drug-likeness (QED) is 0.0322. The molecule has 0 aromatic heterocycles. The molecule has 6 nitrogen and oxygen atoms in total. The lowest BCUT2D eigenvalue weighted by Crippen LogP contribution is -2.46. The number of hydrogen-bond donors (Lipinski definition) is 3. The van der Waals surface area contributed by atoms with Crippen molar-refractivity contribution < 1.29 is 24.5 Å². The molecule has 0 spiro atoms. The Balaban J connectivity index is 4.71. The van der Waals surface area contributed by atoms with Gasteiger partial charge in [0, 0.05) is 6.42 Å². The van der Waals surface area contributed by atoms with Gasteiger partial charge in [-0.05, 0) is 57.8 Å². The zero-order valence-electron chi connectivity index (χ0n) is 40.5. The van der Waals surface area contributed by atoms with Gasteiger partial charge in [-0.3, -0.25) is 9.59 Å². The number of rotatable bonds is 45. The molecule has 6 heteroatoms. The number of allylic oxidation sites excluding steroid dienone is 14. The second-order valence-electron chi connectivity index (χ2n) is 17.3. The van der Waals surface area contributed by atoms with E-state index in [4.69, 9.17) is 4.74 Å². The van der Waals surface area contributed by atoms with Crippen LogP contribution in [0.4, 0.5) is 0 Å². The molecule has 0 aliphatic heterocycles. The maximum atomic E-state index is 13.2. The standard InChI is InChI=1S/C56H97NO5/c1-4-7-10-13-16-19-22-25-27-28-31-33-36-39-42-45-48-54(59)53(51-58)57-55(60)50-52(47-44-41-38-35-32-30-26-23-20-17-14-11-8-5-2)62-56(61)49-46-43-40-37-34-29-24-21-18-15-12-9-6-3/h9,12,15,18,21,24,29-30,32,34-35,37-38,40,52-54,58-59H,4-8,10-11,13-14,16-17,19-20,22-23,25-28,31,33,36,39,41-51H2,1-3H3,(H,57,60)/b12-9+,18-15+,24-21-,32-30+,34-29-,38-35+,40-37+. The van der Waals surface area contributed by atoms with E-state index >= 15 is 0 Å². The van der Waals surface area contributed by atoms with E-state index in [2.05, 4.69) is 56.5 Å². The molecule has 0 rings (SSSR count). The van der Waals surface area contributed by atoms with Gasteiger partial charge in [-0.2, -0.15) is 0 Å². The number of unbranched alkanes of at least 4 members (excludes halogenated alkanes) is 24. The minimum Gasteiger partial charge on any atom is -0.462 e. The van der Waals surface area contributed by atoms with E-state index in [0.29, 0.717) is 19.3 Å². The Morgan fingerprint density at radius 1 is 0.484 bits per heavy atom. The molecule has 0 radical (unpaired) electrons. The third-order valence-electron chi connectivity index (χ3n) is 11.4. The molecule has 0 aromatic rings. The largest absolute Gasteiger partial charge is 0.462 e. The van der Waals surface area contributed by atoms with Gasteiger partial charge in [-0.15, -0.1) is 0 Å². The van der Waals surface area contributed by atoms with Gasteiger partial charge in [-0.25, -0.2) is 0 Å². The monoisotopic (exact) mass is 864 g/mol. The number of carbonyl (C=O) groups excluding carboxylic acids is 2. The van der Waals surface area contributed by atoms with Gasteiger partial charge in [0.15, 0.2) is 0 Å². The summed E-state index contributed by atoms with van der Waals surface area (Å²) in [6.45, 7) is 6.30. The number of hydrogen-bond acceptors (Lipinski definition) is 5. The van der Waals surface area contributed by atoms with Crippen LogP contribution >= 0.6 is 0 Å². The van der Waals surface area contributed by atoms with E-state index in [0.717, 1.165) is 51.4 Å². The SMILES string of the molecule is CC/C=C/C=C/C=C\C=C/C=C/CCCC(=O)OC(CCC/C=C/C=C/CCCCCCCCC)CC(=O)NC(CO)C(O)CCCCCCCCCCCCCCCCCC. The number of carbonyl (C=O) groups is 2. The average molecular weight is 864 g/mol. The number of aliphatic hydroxyl groups excluding tert-OH is 2. The Hall–Kier alpha value is -2.96. The van der Waals surface area contributed by atoms with Gasteiger partial charge in [-0.1, -0.05) is 247 Å². The van der Waals surface area contributed by atoms with Crippen molar-refractivity contribution in [2.75, 3.05) is 6.61 Å². The highest BCUT2D eigenvalue weighted by Gasteiger charge is 2.24. The summed E-state index contributed by atoms with van der Waals surface area (Å²) >= 11 is 0. The van der Waals surface area contributed by atoms with Crippen LogP contribution in [0.3, 0.4) is 0 Å². The topological polar surface area (TPSA) is 95.9 Å². The van der Waals surface area contributed by atoms with Crippen molar-refractivity contribution in [3.63, 3.8) is 0 Å². The molecule has 62 heavy (non-hydrogen) atoms. The van der Waals surface area contributed by atoms with E-state index in [1.54, 1.807) is 0 Å². The normalized spacial score (nSPS) is 14.0. The van der Waals surface area contributed by atoms with Crippen molar-refractivity contribution >= 4 is 11.9 Å². The van der Waals surface area contributed by atoms with E-state index < -0.39 is 18.2 Å². The molecular weight excluding hydrogens is 767 g/mol. The average Bonchev–Trinajstić information content (AvgIpc) is 3.26. The van der Waals surface area contributed by atoms with Crippen LogP contribution in [0.25, 0.3) is 0 Å². The summed E-state index contributed by atoms with van der Waals surface area (Å²) < 4.78 is 5.86. The van der Waals surface area contributed by atoms with Crippen LogP contribution in [-0.2, 0) is 14.3 Å². The molecule has 0 saturated carbocycles. The second kappa shape index (κ2) is 49.1. The number of amides is 1. The minimum atomic E-state index is -0.815. The Morgan fingerprint density at radius 2 is 0.887 bits per heavy atom. The second-order valence-corrected chi connectivity index (χ2v) is 17.3. The predicted molar refractivity (Wildman–Crippen MR) is 268 cm³/mol. The highest BCUT2D eigenvalue weighted by Crippen LogP contribution is 2.17. The highest BCUT2D eigenvalue weighted by atomic mass is 16.5. The van der Waals surface area contributed by atoms with Gasteiger partial charge in [0.2, 0.25) is 5.91 Å². The molecule has 3 unspecified atom stereocenters. The lowest BCUT2D eigenvalue weighted by atomic mass is 10.0. The van der Waals surface area contributed by atoms with Gasteiger partial charge in [0.25, 0.3) is 0 Å². The van der Waals surface area contributed by atoms with Crippen LogP contribution in [0.2, 0.25) is 0 Å². The summed E-state index contributed by atoms with van der Waals surface area (Å²) in [7, 11) is 0. The van der Waals surface area contributed by atoms with Crippen molar-refractivity contribution in [1.29, 1.82) is 0 Å². The van der Waals surface area contributed by atoms with Crippen molar-refractivity contribution in [2.45, 2.75) is 251 Å². The molecule has 356 valence electrons. The van der Waals surface area contributed by atoms with Crippen LogP contribution in [0, 0.1) is 0 Å². The smallest absolute Gasteiger partial charge is 0.306 e. The van der Waals surface area contributed by atoms with Crippen LogP contribution in [0.1, 0.15) is 233 Å². The van der Waals surface area contributed by atoms with Crippen molar-refractivity contribution in [1.82, 2.24) is 5.32 Å². The number of esters is 1. The molecule has 3 N–H and O–H groups in total. The molecule has 3 atom stereocenters. The summed E-state index contributed by atoms with van der Waals surface area (Å²) in [5.41, 5.74) is 0. The molecule has 0 heterocycles. The maximum Gasteiger partial charge on any atom is 0.306 e. The van der Waals surface area contributed by atoms with Crippen LogP contribution in [-0.4, -0.2) is 46.9 Å². The zero-order valence-corrected chi connectivity index (χ0v) is 40.5. The number of aliphatic hydroxyl groups is 2. The Morgan fingerprint density at radius 3 is 1.37 bits per heavy atom. The molecule has 0 bridgehead atoms. The Kier molecular flexibility index (Phi) is 46.7. The van der Waals surface area contributed by atoms with Crippen molar-refractivity contribution in [3.8, 4) is 0 Å². The fourth-order valence-electron chi connectivity index (χ4n) is 7.46. The summed E-state index contributed by atoms with van der Waals surface area (Å²) in [5.74, 6) is -0.613. The molecular formula is C56H97NO5. The number of ether oxygens (including phenoxy) is 1. The molecule has 1 amide bonds. The third-order valence-corrected chi connectivity index (χ3v) is 11.4. The first-order valence-corrected chi connectivity index (χ1v) is 25.9. The summed E-state index contributed by atoms with van der Waals surface area (Å²) in [5, 5.41) is 23.8. The number of nitrogens with one attached hydrogen (secondary N) is 1. The van der Waals surface area contributed by atoms with Crippen LogP contribution in [0.5, 0.6) is 0 Å². The van der Waals surface area contributed by atoms with Crippen LogP contribution < -0.4 is 5.32 Å². The Labute approximate surface area is 383 Å². The maximum absolute atomic E-state index is 13.2. The summed E-state index contributed by atoms with van der Waals surface area (Å²) in [6.07, 6.45) is 63.7.